The minimum atomic E-state index is -1.90. The van der Waals surface area contributed by atoms with Crippen LogP contribution in [0.3, 0.4) is 0 Å². The van der Waals surface area contributed by atoms with Crippen LogP contribution in [0.15, 0.2) is 60.3 Å². The summed E-state index contributed by atoms with van der Waals surface area (Å²) in [4.78, 5) is 0. The molecule has 0 aliphatic heterocycles. The third kappa shape index (κ3) is 7.36. The Balaban J connectivity index is 1.85. The molecular formula is C22H32O3Si2. The average molecular weight is 401 g/mol. The third-order valence-corrected chi connectivity index (χ3v) is 11.5. The van der Waals surface area contributed by atoms with Gasteiger partial charge >= 0.3 is 0 Å². The summed E-state index contributed by atoms with van der Waals surface area (Å²) in [5.41, 5.74) is 4.19. The Morgan fingerprint density at radius 2 is 1.41 bits per heavy atom. The summed E-state index contributed by atoms with van der Waals surface area (Å²) in [7, 11) is -3.67. The van der Waals surface area contributed by atoms with Crippen molar-refractivity contribution in [1.82, 2.24) is 0 Å². The number of para-hydroxylation sites is 2. The molecule has 0 radical (unpaired) electrons. The molecule has 2 aromatic carbocycles. The second kappa shape index (κ2) is 9.39. The van der Waals surface area contributed by atoms with Gasteiger partial charge in [-0.3, -0.25) is 0 Å². The molecule has 0 saturated heterocycles. The van der Waals surface area contributed by atoms with E-state index in [0.717, 1.165) is 36.4 Å². The quantitative estimate of drug-likeness (QED) is 0.523. The standard InChI is InChI=1S/C22H32O3Si2/c1-26(2,17-9-13-19-11-5-7-15-21(19)23)25-27(3,4)18-10-14-20-12-6-8-16-22(20)24/h5-9,11-12,15-17,23-24H,10,13-14,18H2,1-4H3/b17-9+. The van der Waals surface area contributed by atoms with Crippen LogP contribution in [0.2, 0.25) is 32.2 Å². The molecule has 27 heavy (non-hydrogen) atoms. The van der Waals surface area contributed by atoms with Crippen LogP contribution in [0.1, 0.15) is 17.5 Å². The Bertz CT molecular complexity index is 770. The second-order valence-corrected chi connectivity index (χ2v) is 16.6. The van der Waals surface area contributed by atoms with Gasteiger partial charge in [0.15, 0.2) is 16.6 Å². The third-order valence-electron chi connectivity index (χ3n) is 4.60. The fraction of sp³-hybridized carbons (Fsp3) is 0.364. The molecule has 0 aromatic heterocycles. The highest BCUT2D eigenvalue weighted by Crippen LogP contribution is 2.24. The van der Waals surface area contributed by atoms with Gasteiger partial charge in [0.2, 0.25) is 0 Å². The van der Waals surface area contributed by atoms with Gasteiger partial charge in [-0.1, -0.05) is 48.2 Å². The summed E-state index contributed by atoms with van der Waals surface area (Å²) < 4.78 is 6.63. The number of hydrogen-bond acceptors (Lipinski definition) is 3. The molecule has 2 aromatic rings. The van der Waals surface area contributed by atoms with Crippen LogP contribution in [0, 0.1) is 0 Å². The average Bonchev–Trinajstić information content (AvgIpc) is 2.57. The van der Waals surface area contributed by atoms with Gasteiger partial charge in [-0.05, 0) is 74.8 Å². The van der Waals surface area contributed by atoms with Gasteiger partial charge in [0.25, 0.3) is 0 Å². The first-order chi connectivity index (χ1) is 12.7. The van der Waals surface area contributed by atoms with Gasteiger partial charge in [-0.25, -0.2) is 0 Å². The maximum atomic E-state index is 9.90. The summed E-state index contributed by atoms with van der Waals surface area (Å²) in [6.07, 6.45) is 4.77. The molecule has 0 unspecified atom stereocenters. The van der Waals surface area contributed by atoms with Crippen molar-refractivity contribution in [3.8, 4) is 11.5 Å². The highest BCUT2D eigenvalue weighted by Gasteiger charge is 2.30. The maximum absolute atomic E-state index is 9.90. The van der Waals surface area contributed by atoms with Gasteiger partial charge in [0.05, 0.1) is 0 Å². The normalized spacial score (nSPS) is 12.6. The lowest BCUT2D eigenvalue weighted by Gasteiger charge is -2.32. The highest BCUT2D eigenvalue weighted by molar-refractivity contribution is 6.87. The Hall–Kier alpha value is -1.83. The number of benzene rings is 2. The van der Waals surface area contributed by atoms with Crippen molar-refractivity contribution in [2.24, 2.45) is 0 Å². The fourth-order valence-electron chi connectivity index (χ4n) is 3.38. The molecule has 0 amide bonds. The molecule has 0 spiro atoms. The zero-order chi connectivity index (χ0) is 19.9. The number of aryl methyl sites for hydroxylation is 1. The van der Waals surface area contributed by atoms with Gasteiger partial charge in [-0.15, -0.1) is 0 Å². The molecule has 0 heterocycles. The molecule has 0 aliphatic rings. The van der Waals surface area contributed by atoms with E-state index in [1.165, 1.54) is 0 Å². The van der Waals surface area contributed by atoms with E-state index in [1.54, 1.807) is 12.1 Å². The topological polar surface area (TPSA) is 49.7 Å². The van der Waals surface area contributed by atoms with Crippen LogP contribution in [-0.2, 0) is 17.0 Å². The van der Waals surface area contributed by atoms with Crippen molar-refractivity contribution in [2.45, 2.75) is 51.5 Å². The zero-order valence-electron chi connectivity index (χ0n) is 16.9. The molecule has 0 saturated carbocycles. The van der Waals surface area contributed by atoms with E-state index in [2.05, 4.69) is 38.0 Å². The van der Waals surface area contributed by atoms with Gasteiger partial charge < -0.3 is 14.3 Å². The monoisotopic (exact) mass is 400 g/mol. The minimum absolute atomic E-state index is 0.349. The van der Waals surface area contributed by atoms with Crippen LogP contribution < -0.4 is 0 Å². The number of phenolic OH excluding ortho intramolecular Hbond substituents is 2. The van der Waals surface area contributed by atoms with Crippen LogP contribution >= 0.6 is 0 Å². The molecule has 0 aliphatic carbocycles. The van der Waals surface area contributed by atoms with Crippen LogP contribution in [0.5, 0.6) is 11.5 Å². The van der Waals surface area contributed by atoms with Crippen molar-refractivity contribution in [3.05, 3.63) is 71.4 Å². The minimum Gasteiger partial charge on any atom is -0.508 e. The van der Waals surface area contributed by atoms with E-state index < -0.39 is 16.6 Å². The summed E-state index contributed by atoms with van der Waals surface area (Å²) in [5, 5.41) is 19.8. The Kier molecular flexibility index (Phi) is 7.47. The van der Waals surface area contributed by atoms with E-state index in [1.807, 2.05) is 36.4 Å². The first-order valence-electron chi connectivity index (χ1n) is 9.60. The zero-order valence-corrected chi connectivity index (χ0v) is 18.9. The fourth-order valence-corrected chi connectivity index (χ4v) is 11.5. The van der Waals surface area contributed by atoms with Crippen molar-refractivity contribution < 1.29 is 14.3 Å². The molecule has 0 bridgehead atoms. The lowest BCUT2D eigenvalue weighted by Crippen LogP contribution is -2.43. The number of aromatic hydroxyl groups is 2. The van der Waals surface area contributed by atoms with E-state index in [0.29, 0.717) is 11.5 Å². The maximum Gasteiger partial charge on any atom is 0.198 e. The second-order valence-electron chi connectivity index (χ2n) is 8.18. The Morgan fingerprint density at radius 3 is 2.00 bits per heavy atom. The lowest BCUT2D eigenvalue weighted by molar-refractivity contribution is 0.467. The van der Waals surface area contributed by atoms with E-state index in [4.69, 9.17) is 4.12 Å². The first-order valence-corrected chi connectivity index (χ1v) is 15.7. The molecule has 0 atom stereocenters. The number of allylic oxidation sites excluding steroid dienone is 1. The summed E-state index contributed by atoms with van der Waals surface area (Å²) in [6, 6.07) is 16.1. The van der Waals surface area contributed by atoms with Gasteiger partial charge in [0.1, 0.15) is 11.5 Å². The highest BCUT2D eigenvalue weighted by atomic mass is 28.4. The molecule has 2 N–H and O–H groups in total. The van der Waals surface area contributed by atoms with Crippen molar-refractivity contribution in [3.63, 3.8) is 0 Å². The molecule has 2 rings (SSSR count). The van der Waals surface area contributed by atoms with Crippen molar-refractivity contribution >= 4 is 16.6 Å². The summed E-state index contributed by atoms with van der Waals surface area (Å²) in [6.45, 7) is 9.02. The Morgan fingerprint density at radius 1 is 0.852 bits per heavy atom. The molecule has 3 nitrogen and oxygen atoms in total. The molecule has 146 valence electrons. The molecule has 0 fully saturated rings. The van der Waals surface area contributed by atoms with E-state index >= 15 is 0 Å². The van der Waals surface area contributed by atoms with Crippen molar-refractivity contribution in [1.29, 1.82) is 0 Å². The van der Waals surface area contributed by atoms with Crippen LogP contribution in [0.4, 0.5) is 0 Å². The van der Waals surface area contributed by atoms with Gasteiger partial charge in [0, 0.05) is 0 Å². The lowest BCUT2D eigenvalue weighted by atomic mass is 10.1. The van der Waals surface area contributed by atoms with E-state index in [9.17, 15) is 10.2 Å². The van der Waals surface area contributed by atoms with Crippen LogP contribution in [0.25, 0.3) is 0 Å². The predicted octanol–water partition coefficient (Wildman–Crippen LogP) is 5.80. The first kappa shape index (κ1) is 21.5. The van der Waals surface area contributed by atoms with E-state index in [-0.39, 0.29) is 0 Å². The molecular weight excluding hydrogens is 368 g/mol. The van der Waals surface area contributed by atoms with Crippen molar-refractivity contribution in [2.75, 3.05) is 0 Å². The van der Waals surface area contributed by atoms with Crippen LogP contribution in [-0.4, -0.2) is 26.8 Å². The number of phenols is 2. The smallest absolute Gasteiger partial charge is 0.198 e. The number of rotatable bonds is 9. The molecule has 5 heteroatoms. The predicted molar refractivity (Wildman–Crippen MR) is 118 cm³/mol. The summed E-state index contributed by atoms with van der Waals surface area (Å²) >= 11 is 0. The number of hydrogen-bond donors (Lipinski definition) is 2. The van der Waals surface area contributed by atoms with Gasteiger partial charge in [-0.2, -0.15) is 0 Å². The SMILES string of the molecule is C[Si](C)(/C=C/Cc1ccccc1O)O[Si](C)(C)CCCc1ccccc1O. The largest absolute Gasteiger partial charge is 0.508 e. The summed E-state index contributed by atoms with van der Waals surface area (Å²) in [5.74, 6) is 0.737. The Labute approximate surface area is 165 Å².